The number of hydrazine groups is 1. The Labute approximate surface area is 145 Å². The molecule has 0 fully saturated rings. The Bertz CT molecular complexity index is 743. The van der Waals surface area contributed by atoms with Crippen LogP contribution in [0.15, 0.2) is 66.7 Å². The number of benzene rings is 2. The zero-order valence-corrected chi connectivity index (χ0v) is 13.6. The van der Waals surface area contributed by atoms with Crippen LogP contribution in [0.2, 0.25) is 0 Å². The predicted octanol–water partition coefficient (Wildman–Crippen LogP) is 1.21. The first-order chi connectivity index (χ1) is 12.1. The maximum Gasteiger partial charge on any atom is 0.262 e. The molecule has 0 radical (unpaired) electrons. The number of amides is 3. The summed E-state index contributed by atoms with van der Waals surface area (Å²) < 4.78 is 0. The fraction of sp³-hybridized carbons (Fsp3) is 0.105. The summed E-state index contributed by atoms with van der Waals surface area (Å²) in [5.41, 5.74) is 6.22. The molecule has 3 amide bonds. The second kappa shape index (κ2) is 9.67. The number of carbonyl (C=O) groups is 3. The van der Waals surface area contributed by atoms with Crippen molar-refractivity contribution in [3.8, 4) is 0 Å². The first kappa shape index (κ1) is 17.9. The molecule has 0 aliphatic carbocycles. The van der Waals surface area contributed by atoms with Crippen LogP contribution in [0.1, 0.15) is 11.1 Å². The molecule has 6 nitrogen and oxygen atoms in total. The lowest BCUT2D eigenvalue weighted by Gasteiger charge is -2.07. The zero-order chi connectivity index (χ0) is 17.9. The molecule has 0 aliphatic heterocycles. The second-order valence-corrected chi connectivity index (χ2v) is 5.22. The molecule has 0 atom stereocenters. The van der Waals surface area contributed by atoms with E-state index in [9.17, 15) is 14.4 Å². The minimum atomic E-state index is -0.511. The summed E-state index contributed by atoms with van der Waals surface area (Å²) in [4.78, 5) is 34.9. The van der Waals surface area contributed by atoms with Gasteiger partial charge in [0, 0.05) is 6.08 Å². The molecular formula is C19H19N3O3. The molecule has 0 unspecified atom stereocenters. The lowest BCUT2D eigenvalue weighted by Crippen LogP contribution is -2.46. The summed E-state index contributed by atoms with van der Waals surface area (Å²) in [5.74, 6) is -1.24. The monoisotopic (exact) mass is 337 g/mol. The highest BCUT2D eigenvalue weighted by atomic mass is 16.2. The third kappa shape index (κ3) is 7.13. The van der Waals surface area contributed by atoms with Crippen LogP contribution in [0.3, 0.4) is 0 Å². The molecule has 2 aromatic rings. The minimum absolute atomic E-state index is 0.195. The van der Waals surface area contributed by atoms with Crippen LogP contribution < -0.4 is 16.2 Å². The van der Waals surface area contributed by atoms with E-state index < -0.39 is 11.8 Å². The summed E-state index contributed by atoms with van der Waals surface area (Å²) in [6.45, 7) is -0.214. The molecule has 3 N–H and O–H groups in total. The average Bonchev–Trinajstić information content (AvgIpc) is 2.64. The van der Waals surface area contributed by atoms with Crippen molar-refractivity contribution in [1.29, 1.82) is 0 Å². The van der Waals surface area contributed by atoms with E-state index in [0.717, 1.165) is 11.1 Å². The normalized spacial score (nSPS) is 10.2. The van der Waals surface area contributed by atoms with Crippen molar-refractivity contribution >= 4 is 23.8 Å². The smallest absolute Gasteiger partial charge is 0.262 e. The Kier molecular flexibility index (Phi) is 6.94. The number of hydrogen-bond acceptors (Lipinski definition) is 3. The van der Waals surface area contributed by atoms with Gasteiger partial charge in [0.15, 0.2) is 0 Å². The maximum absolute atomic E-state index is 11.7. The van der Waals surface area contributed by atoms with Gasteiger partial charge in [-0.1, -0.05) is 60.7 Å². The average molecular weight is 337 g/mol. The highest BCUT2D eigenvalue weighted by Crippen LogP contribution is 2.00. The fourth-order valence-corrected chi connectivity index (χ4v) is 1.98. The molecule has 128 valence electrons. The Morgan fingerprint density at radius 3 is 2.12 bits per heavy atom. The maximum atomic E-state index is 11.7. The van der Waals surface area contributed by atoms with Crippen LogP contribution in [0.4, 0.5) is 0 Å². The van der Waals surface area contributed by atoms with E-state index in [-0.39, 0.29) is 18.9 Å². The molecule has 2 aromatic carbocycles. The summed E-state index contributed by atoms with van der Waals surface area (Å²) in [5, 5.41) is 2.49. The van der Waals surface area contributed by atoms with E-state index >= 15 is 0 Å². The molecule has 0 heterocycles. The van der Waals surface area contributed by atoms with E-state index in [4.69, 9.17) is 0 Å². The first-order valence-electron chi connectivity index (χ1n) is 7.76. The van der Waals surface area contributed by atoms with Gasteiger partial charge in [0.1, 0.15) is 0 Å². The molecular weight excluding hydrogens is 318 g/mol. The highest BCUT2D eigenvalue weighted by molar-refractivity contribution is 5.93. The van der Waals surface area contributed by atoms with Crippen LogP contribution >= 0.6 is 0 Å². The van der Waals surface area contributed by atoms with Crippen molar-refractivity contribution in [3.63, 3.8) is 0 Å². The van der Waals surface area contributed by atoms with Gasteiger partial charge in [0.25, 0.3) is 11.8 Å². The molecule has 0 saturated heterocycles. The van der Waals surface area contributed by atoms with E-state index in [0.29, 0.717) is 0 Å². The third-order valence-electron chi connectivity index (χ3n) is 3.21. The van der Waals surface area contributed by atoms with Gasteiger partial charge < -0.3 is 5.32 Å². The van der Waals surface area contributed by atoms with E-state index in [2.05, 4.69) is 16.2 Å². The van der Waals surface area contributed by atoms with Crippen molar-refractivity contribution in [1.82, 2.24) is 16.2 Å². The number of carbonyl (C=O) groups excluding carboxylic acids is 3. The molecule has 0 aliphatic rings. The third-order valence-corrected chi connectivity index (χ3v) is 3.21. The molecule has 0 aromatic heterocycles. The van der Waals surface area contributed by atoms with E-state index in [1.807, 2.05) is 60.7 Å². The minimum Gasteiger partial charge on any atom is -0.347 e. The summed E-state index contributed by atoms with van der Waals surface area (Å²) in [6, 6.07) is 18.5. The summed E-state index contributed by atoms with van der Waals surface area (Å²) in [7, 11) is 0. The Balaban J connectivity index is 1.65. The van der Waals surface area contributed by atoms with Crippen LogP contribution in [-0.4, -0.2) is 24.3 Å². The van der Waals surface area contributed by atoms with E-state index in [1.165, 1.54) is 6.08 Å². The quantitative estimate of drug-likeness (QED) is 0.547. The predicted molar refractivity (Wildman–Crippen MR) is 94.9 cm³/mol. The van der Waals surface area contributed by atoms with Crippen molar-refractivity contribution < 1.29 is 14.4 Å². The summed E-state index contributed by atoms with van der Waals surface area (Å²) in [6.07, 6.45) is 3.13. The van der Waals surface area contributed by atoms with Gasteiger partial charge in [-0.2, -0.15) is 0 Å². The van der Waals surface area contributed by atoms with Gasteiger partial charge in [-0.25, -0.2) is 0 Å². The number of nitrogens with one attached hydrogen (secondary N) is 3. The second-order valence-electron chi connectivity index (χ2n) is 5.22. The Hall–Kier alpha value is -3.41. The highest BCUT2D eigenvalue weighted by Gasteiger charge is 2.06. The van der Waals surface area contributed by atoms with Gasteiger partial charge >= 0.3 is 0 Å². The summed E-state index contributed by atoms with van der Waals surface area (Å²) >= 11 is 0. The molecule has 2 rings (SSSR count). The van der Waals surface area contributed by atoms with Crippen molar-refractivity contribution in [2.24, 2.45) is 0 Å². The lowest BCUT2D eigenvalue weighted by atomic mass is 10.1. The van der Waals surface area contributed by atoms with Gasteiger partial charge in [-0.15, -0.1) is 0 Å². The molecule has 6 heteroatoms. The largest absolute Gasteiger partial charge is 0.347 e. The Morgan fingerprint density at radius 2 is 1.44 bits per heavy atom. The van der Waals surface area contributed by atoms with Crippen molar-refractivity contribution in [3.05, 3.63) is 77.9 Å². The van der Waals surface area contributed by atoms with Gasteiger partial charge in [-0.3, -0.25) is 25.2 Å². The van der Waals surface area contributed by atoms with Gasteiger partial charge in [0.05, 0.1) is 13.0 Å². The van der Waals surface area contributed by atoms with Gasteiger partial charge in [0.2, 0.25) is 5.91 Å². The molecule has 0 spiro atoms. The van der Waals surface area contributed by atoms with Crippen LogP contribution in [0.25, 0.3) is 6.08 Å². The van der Waals surface area contributed by atoms with Crippen LogP contribution in [-0.2, 0) is 20.8 Å². The zero-order valence-electron chi connectivity index (χ0n) is 13.6. The molecule has 0 bridgehead atoms. The SMILES string of the molecule is O=C(/C=C/c1ccccc1)NNC(=O)CNC(=O)Cc1ccccc1. The number of rotatable bonds is 6. The van der Waals surface area contributed by atoms with Crippen molar-refractivity contribution in [2.75, 3.05) is 6.54 Å². The number of hydrogen-bond donors (Lipinski definition) is 3. The van der Waals surface area contributed by atoms with E-state index in [1.54, 1.807) is 6.08 Å². The van der Waals surface area contributed by atoms with Crippen molar-refractivity contribution in [2.45, 2.75) is 6.42 Å². The lowest BCUT2D eigenvalue weighted by molar-refractivity contribution is -0.128. The standard InChI is InChI=1S/C19H19N3O3/c23-17(12-11-15-7-3-1-4-8-15)21-22-19(25)14-20-18(24)13-16-9-5-2-6-10-16/h1-12H,13-14H2,(H,20,24)(H,21,23)(H,22,25)/b12-11+. The van der Waals surface area contributed by atoms with Crippen LogP contribution in [0, 0.1) is 0 Å². The molecule has 25 heavy (non-hydrogen) atoms. The van der Waals surface area contributed by atoms with Crippen LogP contribution in [0.5, 0.6) is 0 Å². The Morgan fingerprint density at radius 1 is 0.800 bits per heavy atom. The molecule has 0 saturated carbocycles. The van der Waals surface area contributed by atoms with Gasteiger partial charge in [-0.05, 0) is 17.2 Å². The fourth-order valence-electron chi connectivity index (χ4n) is 1.98. The topological polar surface area (TPSA) is 87.3 Å². The first-order valence-corrected chi connectivity index (χ1v) is 7.76.